The predicted octanol–water partition coefficient (Wildman–Crippen LogP) is 2.59. The molecule has 0 aromatic heterocycles. The minimum absolute atomic E-state index is 0.242. The van der Waals surface area contributed by atoms with E-state index in [4.69, 9.17) is 10.00 Å². The molecule has 1 aliphatic heterocycles. The van der Waals surface area contributed by atoms with Gasteiger partial charge >= 0.3 is 0 Å². The molecule has 0 bridgehead atoms. The van der Waals surface area contributed by atoms with E-state index in [9.17, 15) is 4.39 Å². The molecule has 1 aromatic rings. The van der Waals surface area contributed by atoms with Crippen molar-refractivity contribution in [2.45, 2.75) is 18.8 Å². The molecule has 15 heavy (non-hydrogen) atoms. The summed E-state index contributed by atoms with van der Waals surface area (Å²) in [6.07, 6.45) is 1.73. The number of nitriles is 1. The first kappa shape index (κ1) is 10.1. The molecule has 1 heterocycles. The van der Waals surface area contributed by atoms with Crippen LogP contribution in [0.4, 0.5) is 4.39 Å². The number of ether oxygens (including phenoxy) is 1. The summed E-state index contributed by atoms with van der Waals surface area (Å²) in [5.41, 5.74) is 1.10. The van der Waals surface area contributed by atoms with Gasteiger partial charge in [0.05, 0.1) is 11.6 Å². The van der Waals surface area contributed by atoms with E-state index < -0.39 is 0 Å². The van der Waals surface area contributed by atoms with E-state index in [2.05, 4.69) is 0 Å². The van der Waals surface area contributed by atoms with E-state index in [0.717, 1.165) is 18.4 Å². The number of halogens is 1. The second-order valence-corrected chi connectivity index (χ2v) is 3.73. The molecule has 1 saturated heterocycles. The van der Waals surface area contributed by atoms with Crippen molar-refractivity contribution in [3.63, 3.8) is 0 Å². The maximum absolute atomic E-state index is 13.6. The second-order valence-electron chi connectivity index (χ2n) is 3.73. The SMILES string of the molecule is N#Cc1ccc(C2CCOCC2)c(F)c1. The molecule has 1 aromatic carbocycles. The standard InChI is InChI=1S/C12H12FNO/c13-12-7-9(8-14)1-2-11(12)10-3-5-15-6-4-10/h1-2,7,10H,3-6H2. The van der Waals surface area contributed by atoms with E-state index in [0.29, 0.717) is 18.8 Å². The first-order chi connectivity index (χ1) is 7.31. The fourth-order valence-electron chi connectivity index (χ4n) is 1.94. The summed E-state index contributed by atoms with van der Waals surface area (Å²) in [5, 5.41) is 8.63. The number of nitrogens with zero attached hydrogens (tertiary/aromatic N) is 1. The minimum atomic E-state index is -0.263. The Kier molecular flexibility index (Phi) is 2.98. The lowest BCUT2D eigenvalue weighted by Crippen LogP contribution is -2.15. The van der Waals surface area contributed by atoms with Crippen LogP contribution in [0, 0.1) is 17.1 Å². The smallest absolute Gasteiger partial charge is 0.127 e. The van der Waals surface area contributed by atoms with Crippen LogP contribution in [0.1, 0.15) is 29.9 Å². The van der Waals surface area contributed by atoms with Crippen LogP contribution in [0.3, 0.4) is 0 Å². The molecule has 0 spiro atoms. The average Bonchev–Trinajstić information content (AvgIpc) is 2.30. The maximum atomic E-state index is 13.6. The van der Waals surface area contributed by atoms with E-state index >= 15 is 0 Å². The molecule has 0 atom stereocenters. The summed E-state index contributed by atoms with van der Waals surface area (Å²) in [4.78, 5) is 0. The van der Waals surface area contributed by atoms with Gasteiger partial charge in [-0.25, -0.2) is 4.39 Å². The van der Waals surface area contributed by atoms with Gasteiger partial charge in [0.15, 0.2) is 0 Å². The first-order valence-electron chi connectivity index (χ1n) is 5.08. The lowest BCUT2D eigenvalue weighted by molar-refractivity contribution is 0.0846. The lowest BCUT2D eigenvalue weighted by Gasteiger charge is -2.22. The molecule has 0 N–H and O–H groups in total. The summed E-state index contributed by atoms with van der Waals surface area (Å²) in [7, 11) is 0. The predicted molar refractivity (Wildman–Crippen MR) is 53.9 cm³/mol. The van der Waals surface area contributed by atoms with Gasteiger partial charge in [-0.1, -0.05) is 6.07 Å². The zero-order chi connectivity index (χ0) is 10.7. The van der Waals surface area contributed by atoms with Crippen LogP contribution in [0.5, 0.6) is 0 Å². The highest BCUT2D eigenvalue weighted by molar-refractivity contribution is 5.34. The van der Waals surface area contributed by atoms with Crippen LogP contribution in [-0.4, -0.2) is 13.2 Å². The van der Waals surface area contributed by atoms with Gasteiger partial charge in [-0.3, -0.25) is 0 Å². The quantitative estimate of drug-likeness (QED) is 0.706. The van der Waals surface area contributed by atoms with Gasteiger partial charge in [0.2, 0.25) is 0 Å². The van der Waals surface area contributed by atoms with Gasteiger partial charge in [0.1, 0.15) is 5.82 Å². The van der Waals surface area contributed by atoms with Crippen LogP contribution in [0.15, 0.2) is 18.2 Å². The highest BCUT2D eigenvalue weighted by atomic mass is 19.1. The van der Waals surface area contributed by atoms with Crippen LogP contribution in [-0.2, 0) is 4.74 Å². The van der Waals surface area contributed by atoms with Gasteiger partial charge < -0.3 is 4.74 Å². The van der Waals surface area contributed by atoms with Gasteiger partial charge in [0, 0.05) is 13.2 Å². The Morgan fingerprint density at radius 1 is 1.33 bits per heavy atom. The van der Waals surface area contributed by atoms with E-state index in [-0.39, 0.29) is 11.7 Å². The van der Waals surface area contributed by atoms with Crippen LogP contribution in [0.25, 0.3) is 0 Å². The van der Waals surface area contributed by atoms with Crippen molar-refractivity contribution in [2.24, 2.45) is 0 Å². The molecule has 0 amide bonds. The second kappa shape index (κ2) is 4.41. The first-order valence-corrected chi connectivity index (χ1v) is 5.08. The molecule has 3 heteroatoms. The minimum Gasteiger partial charge on any atom is -0.381 e. The molecular weight excluding hydrogens is 193 g/mol. The Morgan fingerprint density at radius 2 is 2.07 bits per heavy atom. The molecular formula is C12H12FNO. The van der Waals surface area contributed by atoms with Gasteiger partial charge in [-0.15, -0.1) is 0 Å². The van der Waals surface area contributed by atoms with Crippen LogP contribution in [0.2, 0.25) is 0 Å². The maximum Gasteiger partial charge on any atom is 0.127 e. The third kappa shape index (κ3) is 2.16. The molecule has 2 nitrogen and oxygen atoms in total. The topological polar surface area (TPSA) is 33.0 Å². The van der Waals surface area contributed by atoms with Crippen LogP contribution < -0.4 is 0 Å². The Morgan fingerprint density at radius 3 is 2.67 bits per heavy atom. The van der Waals surface area contributed by atoms with Gasteiger partial charge in [-0.2, -0.15) is 5.26 Å². The van der Waals surface area contributed by atoms with Gasteiger partial charge in [0.25, 0.3) is 0 Å². The van der Waals surface area contributed by atoms with E-state index in [1.54, 1.807) is 12.1 Å². The fraction of sp³-hybridized carbons (Fsp3) is 0.417. The highest BCUT2D eigenvalue weighted by Crippen LogP contribution is 2.29. The van der Waals surface area contributed by atoms with Crippen molar-refractivity contribution < 1.29 is 9.13 Å². The third-order valence-corrected chi connectivity index (χ3v) is 2.79. The Bertz CT molecular complexity index is 391. The summed E-state index contributed by atoms with van der Waals surface area (Å²) >= 11 is 0. The Labute approximate surface area is 88.3 Å². The van der Waals surface area contributed by atoms with Crippen LogP contribution >= 0.6 is 0 Å². The molecule has 0 aliphatic carbocycles. The Balaban J connectivity index is 2.24. The number of benzene rings is 1. The molecule has 78 valence electrons. The van der Waals surface area contributed by atoms with Crippen molar-refractivity contribution in [3.8, 4) is 6.07 Å². The molecule has 0 unspecified atom stereocenters. The monoisotopic (exact) mass is 205 g/mol. The van der Waals surface area contributed by atoms with E-state index in [1.165, 1.54) is 6.07 Å². The summed E-state index contributed by atoms with van der Waals surface area (Å²) in [6.45, 7) is 1.40. The number of hydrogen-bond donors (Lipinski definition) is 0. The molecule has 0 saturated carbocycles. The molecule has 0 radical (unpaired) electrons. The summed E-state index contributed by atoms with van der Waals surface area (Å²) in [5.74, 6) is -0.0209. The molecule has 1 fully saturated rings. The summed E-state index contributed by atoms with van der Waals surface area (Å²) < 4.78 is 18.9. The molecule has 2 rings (SSSR count). The van der Waals surface area contributed by atoms with Crippen molar-refractivity contribution in [3.05, 3.63) is 35.1 Å². The fourth-order valence-corrected chi connectivity index (χ4v) is 1.94. The van der Waals surface area contributed by atoms with Gasteiger partial charge in [-0.05, 0) is 36.5 Å². The van der Waals surface area contributed by atoms with E-state index in [1.807, 2.05) is 6.07 Å². The summed E-state index contributed by atoms with van der Waals surface area (Å²) in [6, 6.07) is 6.64. The Hall–Kier alpha value is -1.40. The lowest BCUT2D eigenvalue weighted by atomic mass is 9.91. The van der Waals surface area contributed by atoms with Crippen molar-refractivity contribution in [1.29, 1.82) is 5.26 Å². The van der Waals surface area contributed by atoms with Crippen molar-refractivity contribution >= 4 is 0 Å². The largest absolute Gasteiger partial charge is 0.381 e. The zero-order valence-electron chi connectivity index (χ0n) is 8.37. The van der Waals surface area contributed by atoms with Crippen molar-refractivity contribution in [2.75, 3.05) is 13.2 Å². The van der Waals surface area contributed by atoms with Crippen molar-refractivity contribution in [1.82, 2.24) is 0 Å². The third-order valence-electron chi connectivity index (χ3n) is 2.79. The number of hydrogen-bond acceptors (Lipinski definition) is 2. The molecule has 1 aliphatic rings. The average molecular weight is 205 g/mol. The normalized spacial score (nSPS) is 17.3. The zero-order valence-corrected chi connectivity index (χ0v) is 8.37. The highest BCUT2D eigenvalue weighted by Gasteiger charge is 2.19. The number of rotatable bonds is 1.